The molecule has 0 fully saturated rings. The molecule has 0 aliphatic rings. The number of carbonyl (C=O) groups is 1. The van der Waals surface area contributed by atoms with Gasteiger partial charge >= 0.3 is 0 Å². The lowest BCUT2D eigenvalue weighted by Crippen LogP contribution is -2.31. The molecule has 1 N–H and O–H groups in total. The van der Waals surface area contributed by atoms with Crippen molar-refractivity contribution in [2.75, 3.05) is 0 Å². The van der Waals surface area contributed by atoms with E-state index in [-0.39, 0.29) is 11.7 Å². The zero-order valence-electron chi connectivity index (χ0n) is 13.7. The van der Waals surface area contributed by atoms with Crippen LogP contribution in [0.25, 0.3) is 0 Å². The van der Waals surface area contributed by atoms with Crippen molar-refractivity contribution < 1.29 is 9.18 Å². The van der Waals surface area contributed by atoms with E-state index < -0.39 is 6.04 Å². The fourth-order valence-corrected chi connectivity index (χ4v) is 3.63. The van der Waals surface area contributed by atoms with Crippen molar-refractivity contribution in [2.45, 2.75) is 19.9 Å². The summed E-state index contributed by atoms with van der Waals surface area (Å²) in [6, 6.07) is 7.63. The second-order valence-corrected chi connectivity index (χ2v) is 7.11. The number of amides is 1. The molecule has 0 aliphatic heterocycles. The molecule has 0 bridgehead atoms. The molecule has 2 heterocycles. The lowest BCUT2D eigenvalue weighted by Gasteiger charge is -2.19. The van der Waals surface area contributed by atoms with Gasteiger partial charge in [0, 0.05) is 34.8 Å². The molecule has 124 valence electrons. The molecule has 0 unspecified atom stereocenters. The normalized spacial score (nSPS) is 12.2. The van der Waals surface area contributed by atoms with Crippen molar-refractivity contribution in [1.82, 2.24) is 14.9 Å². The number of halogens is 1. The van der Waals surface area contributed by atoms with Crippen molar-refractivity contribution in [2.24, 2.45) is 7.05 Å². The summed E-state index contributed by atoms with van der Waals surface area (Å²) >= 11 is 1.57. The maximum absolute atomic E-state index is 14.3. The molecule has 1 amide bonds. The number of imidazole rings is 1. The summed E-state index contributed by atoms with van der Waals surface area (Å²) < 4.78 is 16.1. The quantitative estimate of drug-likeness (QED) is 0.784. The maximum atomic E-state index is 14.3. The van der Waals surface area contributed by atoms with Gasteiger partial charge in [0.15, 0.2) is 0 Å². The summed E-state index contributed by atoms with van der Waals surface area (Å²) in [5.41, 5.74) is 1.01. The number of aryl methyl sites for hydroxylation is 3. The highest BCUT2D eigenvalue weighted by Crippen LogP contribution is 2.25. The highest BCUT2D eigenvalue weighted by Gasteiger charge is 2.25. The topological polar surface area (TPSA) is 46.9 Å². The number of thiophene rings is 1. The fraction of sp³-hybridized carbons (Fsp3) is 0.222. The summed E-state index contributed by atoms with van der Waals surface area (Å²) in [6.07, 6.45) is 3.41. The molecular formula is C18H18FN3OS. The first-order chi connectivity index (χ1) is 11.5. The smallest absolute Gasteiger partial charge is 0.253 e. The Balaban J connectivity index is 2.00. The van der Waals surface area contributed by atoms with Gasteiger partial charge in [0.1, 0.15) is 17.7 Å². The molecule has 0 saturated carbocycles. The molecule has 0 radical (unpaired) electrons. The Morgan fingerprint density at radius 3 is 2.67 bits per heavy atom. The predicted octanol–water partition coefficient (Wildman–Crippen LogP) is 3.76. The summed E-state index contributed by atoms with van der Waals surface area (Å²) in [5.74, 6) is -0.0184. The summed E-state index contributed by atoms with van der Waals surface area (Å²) in [4.78, 5) is 19.0. The molecule has 0 saturated heterocycles. The number of nitrogens with one attached hydrogen (secondary N) is 1. The molecule has 6 heteroatoms. The predicted molar refractivity (Wildman–Crippen MR) is 92.7 cm³/mol. The molecular weight excluding hydrogens is 325 g/mol. The third-order valence-corrected chi connectivity index (χ3v) is 4.86. The molecule has 3 rings (SSSR count). The standard InChI is InChI=1S/C18H18FN3OS/c1-11-10-14(12(2)24-11)18(23)21-16(17-20-8-9-22(17)3)13-6-4-5-7-15(13)19/h4-10,16H,1-3H3,(H,21,23)/t16-/m0/s1. The molecule has 24 heavy (non-hydrogen) atoms. The Labute approximate surface area is 144 Å². The van der Waals surface area contributed by atoms with Gasteiger partial charge in [-0.1, -0.05) is 18.2 Å². The molecule has 1 atom stereocenters. The first-order valence-electron chi connectivity index (χ1n) is 7.57. The number of nitrogens with zero attached hydrogens (tertiary/aromatic N) is 2. The number of aromatic nitrogens is 2. The lowest BCUT2D eigenvalue weighted by molar-refractivity contribution is 0.0940. The lowest BCUT2D eigenvalue weighted by atomic mass is 10.0. The van der Waals surface area contributed by atoms with Gasteiger partial charge in [-0.2, -0.15) is 0 Å². The molecule has 0 spiro atoms. The van der Waals surface area contributed by atoms with E-state index in [9.17, 15) is 9.18 Å². The van der Waals surface area contributed by atoms with E-state index in [0.29, 0.717) is 17.0 Å². The van der Waals surface area contributed by atoms with Gasteiger partial charge in [0.05, 0.1) is 5.56 Å². The van der Waals surface area contributed by atoms with Crippen molar-refractivity contribution in [3.8, 4) is 0 Å². The van der Waals surface area contributed by atoms with Crippen LogP contribution in [0.4, 0.5) is 4.39 Å². The average molecular weight is 343 g/mol. The van der Waals surface area contributed by atoms with Gasteiger partial charge in [0.25, 0.3) is 5.91 Å². The Kier molecular flexibility index (Phi) is 4.49. The Bertz CT molecular complexity index is 884. The monoisotopic (exact) mass is 343 g/mol. The number of benzene rings is 1. The minimum absolute atomic E-state index is 0.229. The fourth-order valence-electron chi connectivity index (χ4n) is 2.71. The van der Waals surface area contributed by atoms with Crippen LogP contribution in [-0.2, 0) is 7.05 Å². The largest absolute Gasteiger partial charge is 0.338 e. The van der Waals surface area contributed by atoms with E-state index in [0.717, 1.165) is 9.75 Å². The van der Waals surface area contributed by atoms with Crippen LogP contribution in [-0.4, -0.2) is 15.5 Å². The van der Waals surface area contributed by atoms with Gasteiger partial charge in [-0.25, -0.2) is 9.37 Å². The van der Waals surface area contributed by atoms with Gasteiger partial charge in [-0.05, 0) is 26.0 Å². The van der Waals surface area contributed by atoms with Crippen molar-refractivity contribution >= 4 is 17.2 Å². The molecule has 2 aromatic heterocycles. The number of carbonyl (C=O) groups excluding carboxylic acids is 1. The van der Waals surface area contributed by atoms with Crippen molar-refractivity contribution in [3.63, 3.8) is 0 Å². The molecule has 0 aliphatic carbocycles. The third-order valence-electron chi connectivity index (χ3n) is 3.89. The number of hydrogen-bond acceptors (Lipinski definition) is 3. The molecule has 3 aromatic rings. The third kappa shape index (κ3) is 3.10. The van der Waals surface area contributed by atoms with Crippen molar-refractivity contribution in [1.29, 1.82) is 0 Å². The highest BCUT2D eigenvalue weighted by molar-refractivity contribution is 7.12. The van der Waals surface area contributed by atoms with Crippen LogP contribution in [0.15, 0.2) is 42.7 Å². The van der Waals surface area contributed by atoms with E-state index in [1.54, 1.807) is 46.5 Å². The second kappa shape index (κ2) is 6.57. The van der Waals surface area contributed by atoms with Gasteiger partial charge in [-0.15, -0.1) is 11.3 Å². The van der Waals surface area contributed by atoms with Gasteiger partial charge in [0.2, 0.25) is 0 Å². The van der Waals surface area contributed by atoms with Crippen LogP contribution < -0.4 is 5.32 Å². The minimum atomic E-state index is -0.654. The SMILES string of the molecule is Cc1cc(C(=O)N[C@@H](c2ccccc2F)c2nccn2C)c(C)s1. The zero-order valence-corrected chi connectivity index (χ0v) is 14.5. The minimum Gasteiger partial charge on any atom is -0.338 e. The van der Waals surface area contributed by atoms with E-state index in [2.05, 4.69) is 10.3 Å². The van der Waals surface area contributed by atoms with Crippen LogP contribution in [0.1, 0.15) is 37.5 Å². The molecule has 1 aromatic carbocycles. The maximum Gasteiger partial charge on any atom is 0.253 e. The van der Waals surface area contributed by atoms with Crippen LogP contribution >= 0.6 is 11.3 Å². The molecule has 4 nitrogen and oxygen atoms in total. The van der Waals surface area contributed by atoms with E-state index in [1.165, 1.54) is 6.07 Å². The van der Waals surface area contributed by atoms with Crippen LogP contribution in [0.5, 0.6) is 0 Å². The van der Waals surface area contributed by atoms with E-state index in [1.807, 2.05) is 27.0 Å². The van der Waals surface area contributed by atoms with Crippen LogP contribution in [0, 0.1) is 19.7 Å². The second-order valence-electron chi connectivity index (χ2n) is 5.65. The summed E-state index contributed by atoms with van der Waals surface area (Å²) in [6.45, 7) is 3.87. The number of rotatable bonds is 4. The van der Waals surface area contributed by atoms with Crippen LogP contribution in [0.3, 0.4) is 0 Å². The zero-order chi connectivity index (χ0) is 17.3. The average Bonchev–Trinajstić information content (AvgIpc) is 3.11. The summed E-state index contributed by atoms with van der Waals surface area (Å²) in [7, 11) is 1.82. The van der Waals surface area contributed by atoms with Gasteiger partial charge in [-0.3, -0.25) is 4.79 Å². The first-order valence-corrected chi connectivity index (χ1v) is 8.38. The van der Waals surface area contributed by atoms with Crippen molar-refractivity contribution in [3.05, 3.63) is 75.2 Å². The summed E-state index contributed by atoms with van der Waals surface area (Å²) in [5, 5.41) is 2.93. The number of hydrogen-bond donors (Lipinski definition) is 1. The Morgan fingerprint density at radius 2 is 2.08 bits per heavy atom. The highest BCUT2D eigenvalue weighted by atomic mass is 32.1. The first kappa shape index (κ1) is 16.4. The van der Waals surface area contributed by atoms with Gasteiger partial charge < -0.3 is 9.88 Å². The van der Waals surface area contributed by atoms with E-state index >= 15 is 0 Å². The van der Waals surface area contributed by atoms with E-state index in [4.69, 9.17) is 0 Å². The van der Waals surface area contributed by atoms with Crippen LogP contribution in [0.2, 0.25) is 0 Å². The Morgan fingerprint density at radius 1 is 1.33 bits per heavy atom. The Hall–Kier alpha value is -2.47.